The molecule has 0 unspecified atom stereocenters. The van der Waals surface area contributed by atoms with Crippen molar-refractivity contribution in [1.29, 1.82) is 0 Å². The summed E-state index contributed by atoms with van der Waals surface area (Å²) in [5.41, 5.74) is 4.70. The molecular weight excluding hydrogens is 330 g/mol. The smallest absolute Gasteiger partial charge is 0.0723 e. The molecule has 0 radical (unpaired) electrons. The number of benzene rings is 2. The zero-order chi connectivity index (χ0) is 17.2. The van der Waals surface area contributed by atoms with Crippen LogP contribution in [0.5, 0.6) is 0 Å². The first-order chi connectivity index (χ1) is 12.2. The molecule has 3 nitrogen and oxygen atoms in total. The van der Waals surface area contributed by atoms with E-state index in [1.807, 2.05) is 6.07 Å². The molecule has 0 saturated carbocycles. The van der Waals surface area contributed by atoms with Crippen molar-refractivity contribution in [3.63, 3.8) is 0 Å². The molecule has 0 atom stereocenters. The van der Waals surface area contributed by atoms with Gasteiger partial charge in [-0.3, -0.25) is 9.88 Å². The average Bonchev–Trinajstić information content (AvgIpc) is 2.64. The molecule has 1 fully saturated rings. The van der Waals surface area contributed by atoms with Crippen molar-refractivity contribution in [2.75, 3.05) is 33.2 Å². The van der Waals surface area contributed by atoms with Crippen LogP contribution in [0.2, 0.25) is 5.02 Å². The molecule has 0 aliphatic carbocycles. The third kappa shape index (κ3) is 3.69. The van der Waals surface area contributed by atoms with E-state index in [2.05, 4.69) is 64.3 Å². The van der Waals surface area contributed by atoms with Crippen LogP contribution in [-0.4, -0.2) is 48.0 Å². The van der Waals surface area contributed by atoms with Crippen LogP contribution in [0.1, 0.15) is 5.56 Å². The SMILES string of the molecule is CN1CCN(Cc2ccc(-c3ccc4c(Cl)ccnc4c3)cc2)CC1. The van der Waals surface area contributed by atoms with E-state index in [9.17, 15) is 0 Å². The van der Waals surface area contributed by atoms with Gasteiger partial charge in [-0.25, -0.2) is 0 Å². The zero-order valence-electron chi connectivity index (χ0n) is 14.5. The third-order valence-electron chi connectivity index (χ3n) is 4.98. The summed E-state index contributed by atoms with van der Waals surface area (Å²) in [6.07, 6.45) is 1.76. The van der Waals surface area contributed by atoms with Gasteiger partial charge < -0.3 is 4.90 Å². The van der Waals surface area contributed by atoms with E-state index in [1.54, 1.807) is 6.20 Å². The summed E-state index contributed by atoms with van der Waals surface area (Å²) >= 11 is 6.23. The zero-order valence-corrected chi connectivity index (χ0v) is 15.2. The number of rotatable bonds is 3. The van der Waals surface area contributed by atoms with Crippen LogP contribution in [0.4, 0.5) is 0 Å². The Bertz CT molecular complexity index is 868. The molecule has 0 bridgehead atoms. The van der Waals surface area contributed by atoms with Crippen molar-refractivity contribution in [3.05, 3.63) is 65.3 Å². The number of hydrogen-bond acceptors (Lipinski definition) is 3. The summed E-state index contributed by atoms with van der Waals surface area (Å²) in [6.45, 7) is 5.64. The number of pyridine rings is 1. The van der Waals surface area contributed by atoms with Gasteiger partial charge in [0.1, 0.15) is 0 Å². The number of piperazine rings is 1. The summed E-state index contributed by atoms with van der Waals surface area (Å²) in [4.78, 5) is 9.35. The molecule has 3 aromatic rings. The highest BCUT2D eigenvalue weighted by Gasteiger charge is 2.13. The lowest BCUT2D eigenvalue weighted by Gasteiger charge is -2.32. The standard InChI is InChI=1S/C21H22ClN3/c1-24-10-12-25(13-11-24)15-16-2-4-17(5-3-16)18-6-7-19-20(22)8-9-23-21(19)14-18/h2-9,14H,10-13,15H2,1H3. The number of halogens is 1. The quantitative estimate of drug-likeness (QED) is 0.701. The van der Waals surface area contributed by atoms with Crippen molar-refractivity contribution in [3.8, 4) is 11.1 Å². The molecule has 25 heavy (non-hydrogen) atoms. The molecule has 4 heteroatoms. The minimum Gasteiger partial charge on any atom is -0.304 e. The van der Waals surface area contributed by atoms with E-state index in [0.717, 1.165) is 48.6 Å². The first-order valence-corrected chi connectivity index (χ1v) is 9.11. The van der Waals surface area contributed by atoms with E-state index < -0.39 is 0 Å². The van der Waals surface area contributed by atoms with Gasteiger partial charge in [-0.2, -0.15) is 0 Å². The first-order valence-electron chi connectivity index (χ1n) is 8.73. The second kappa shape index (κ2) is 7.12. The Hall–Kier alpha value is -1.94. The van der Waals surface area contributed by atoms with Crippen LogP contribution in [0.15, 0.2) is 54.7 Å². The predicted octanol–water partition coefficient (Wildman–Crippen LogP) is 4.30. The second-order valence-electron chi connectivity index (χ2n) is 6.80. The van der Waals surface area contributed by atoms with Crippen LogP contribution in [0.25, 0.3) is 22.0 Å². The Balaban J connectivity index is 1.52. The first kappa shape index (κ1) is 16.5. The highest BCUT2D eigenvalue weighted by Crippen LogP contribution is 2.27. The number of hydrogen-bond donors (Lipinski definition) is 0. The molecule has 0 spiro atoms. The lowest BCUT2D eigenvalue weighted by molar-refractivity contribution is 0.148. The van der Waals surface area contributed by atoms with Gasteiger partial charge in [0.2, 0.25) is 0 Å². The second-order valence-corrected chi connectivity index (χ2v) is 7.21. The molecule has 2 aromatic carbocycles. The van der Waals surface area contributed by atoms with Crippen molar-refractivity contribution in [2.24, 2.45) is 0 Å². The van der Waals surface area contributed by atoms with Gasteiger partial charge in [-0.1, -0.05) is 48.0 Å². The Morgan fingerprint density at radius 1 is 0.920 bits per heavy atom. The summed E-state index contributed by atoms with van der Waals surface area (Å²) in [5.74, 6) is 0. The lowest BCUT2D eigenvalue weighted by Crippen LogP contribution is -2.43. The molecule has 1 saturated heterocycles. The molecule has 2 heterocycles. The monoisotopic (exact) mass is 351 g/mol. The van der Waals surface area contributed by atoms with Gasteiger partial charge in [0.25, 0.3) is 0 Å². The fraction of sp³-hybridized carbons (Fsp3) is 0.286. The summed E-state index contributed by atoms with van der Waals surface area (Å²) < 4.78 is 0. The van der Waals surface area contributed by atoms with Crippen molar-refractivity contribution < 1.29 is 0 Å². The highest BCUT2D eigenvalue weighted by molar-refractivity contribution is 6.35. The topological polar surface area (TPSA) is 19.4 Å². The fourth-order valence-corrected chi connectivity index (χ4v) is 3.58. The van der Waals surface area contributed by atoms with Gasteiger partial charge >= 0.3 is 0 Å². The number of fused-ring (bicyclic) bond motifs is 1. The van der Waals surface area contributed by atoms with E-state index >= 15 is 0 Å². The molecule has 4 rings (SSSR count). The minimum absolute atomic E-state index is 0.749. The molecule has 0 amide bonds. The molecule has 1 aromatic heterocycles. The predicted molar refractivity (Wildman–Crippen MR) is 105 cm³/mol. The van der Waals surface area contributed by atoms with E-state index in [0.29, 0.717) is 0 Å². The Kier molecular flexibility index (Phi) is 4.71. The molecular formula is C21H22ClN3. The van der Waals surface area contributed by atoms with Gasteiger partial charge in [-0.05, 0) is 35.9 Å². The van der Waals surface area contributed by atoms with E-state index in [1.165, 1.54) is 16.7 Å². The number of likely N-dealkylation sites (N-methyl/N-ethyl adjacent to an activating group) is 1. The van der Waals surface area contributed by atoms with Gasteiger partial charge in [0, 0.05) is 44.3 Å². The van der Waals surface area contributed by atoms with Gasteiger partial charge in [0.15, 0.2) is 0 Å². The normalized spacial score (nSPS) is 16.4. The van der Waals surface area contributed by atoms with Gasteiger partial charge in [0.05, 0.1) is 10.5 Å². The Morgan fingerprint density at radius 3 is 2.40 bits per heavy atom. The maximum Gasteiger partial charge on any atom is 0.0723 e. The van der Waals surface area contributed by atoms with Crippen molar-refractivity contribution in [1.82, 2.24) is 14.8 Å². The summed E-state index contributed by atoms with van der Waals surface area (Å²) in [6, 6.07) is 17.0. The maximum absolute atomic E-state index is 6.23. The van der Waals surface area contributed by atoms with Crippen molar-refractivity contribution in [2.45, 2.75) is 6.54 Å². The third-order valence-corrected chi connectivity index (χ3v) is 5.31. The van der Waals surface area contributed by atoms with Gasteiger partial charge in [-0.15, -0.1) is 0 Å². The molecule has 128 valence electrons. The Labute approximate surface area is 153 Å². The Morgan fingerprint density at radius 2 is 1.64 bits per heavy atom. The number of aromatic nitrogens is 1. The molecule has 1 aliphatic heterocycles. The number of nitrogens with zero attached hydrogens (tertiary/aromatic N) is 3. The van der Waals surface area contributed by atoms with Crippen LogP contribution >= 0.6 is 11.6 Å². The average molecular weight is 352 g/mol. The maximum atomic E-state index is 6.23. The molecule has 1 aliphatic rings. The van der Waals surface area contributed by atoms with Crippen LogP contribution in [-0.2, 0) is 6.54 Å². The van der Waals surface area contributed by atoms with E-state index in [4.69, 9.17) is 11.6 Å². The van der Waals surface area contributed by atoms with Crippen LogP contribution in [0, 0.1) is 0 Å². The summed E-state index contributed by atoms with van der Waals surface area (Å²) in [5, 5.41) is 1.75. The fourth-order valence-electron chi connectivity index (χ4n) is 3.36. The van der Waals surface area contributed by atoms with Crippen molar-refractivity contribution >= 4 is 22.5 Å². The van der Waals surface area contributed by atoms with Crippen LogP contribution < -0.4 is 0 Å². The highest BCUT2D eigenvalue weighted by atomic mass is 35.5. The largest absolute Gasteiger partial charge is 0.304 e. The van der Waals surface area contributed by atoms with Crippen LogP contribution in [0.3, 0.4) is 0 Å². The molecule has 0 N–H and O–H groups in total. The van der Waals surface area contributed by atoms with E-state index in [-0.39, 0.29) is 0 Å². The lowest BCUT2D eigenvalue weighted by atomic mass is 10.0. The summed E-state index contributed by atoms with van der Waals surface area (Å²) in [7, 11) is 2.19. The minimum atomic E-state index is 0.749.